The van der Waals surface area contributed by atoms with Crippen molar-refractivity contribution in [2.75, 3.05) is 6.61 Å². The van der Waals surface area contributed by atoms with E-state index >= 15 is 0 Å². The maximum absolute atomic E-state index is 12.3. The highest BCUT2D eigenvalue weighted by molar-refractivity contribution is 7.07. The number of alkyl halides is 2. The van der Waals surface area contributed by atoms with Crippen molar-refractivity contribution in [1.29, 1.82) is 0 Å². The molecule has 0 spiro atoms. The number of benzene rings is 2. The van der Waals surface area contributed by atoms with Crippen LogP contribution in [0.5, 0.6) is 5.75 Å². The molecular formula is C18H16F2N2O2S. The van der Waals surface area contributed by atoms with Crippen molar-refractivity contribution in [2.24, 2.45) is 4.99 Å². The van der Waals surface area contributed by atoms with Gasteiger partial charge in [0, 0.05) is 11.9 Å². The summed E-state index contributed by atoms with van der Waals surface area (Å²) in [5, 5.41) is 11.3. The fourth-order valence-electron chi connectivity index (χ4n) is 2.39. The van der Waals surface area contributed by atoms with E-state index in [9.17, 15) is 13.9 Å². The topological polar surface area (TPSA) is 46.8 Å². The lowest BCUT2D eigenvalue weighted by Gasteiger charge is -2.09. The van der Waals surface area contributed by atoms with Gasteiger partial charge in [-0.3, -0.25) is 0 Å². The van der Waals surface area contributed by atoms with Gasteiger partial charge in [-0.1, -0.05) is 18.2 Å². The highest BCUT2D eigenvalue weighted by atomic mass is 32.1. The van der Waals surface area contributed by atoms with E-state index in [1.165, 1.54) is 23.5 Å². The van der Waals surface area contributed by atoms with E-state index in [1.54, 1.807) is 12.1 Å². The Hall–Kier alpha value is -2.51. The number of ether oxygens (including phenoxy) is 1. The summed E-state index contributed by atoms with van der Waals surface area (Å²) in [6, 6.07) is 16.0. The van der Waals surface area contributed by atoms with Crippen molar-refractivity contribution >= 4 is 17.0 Å². The minimum absolute atomic E-state index is 0.0295. The first-order valence-corrected chi connectivity index (χ1v) is 8.49. The molecule has 0 atom stereocenters. The Morgan fingerprint density at radius 3 is 2.44 bits per heavy atom. The van der Waals surface area contributed by atoms with Crippen molar-refractivity contribution in [3.63, 3.8) is 0 Å². The fraction of sp³-hybridized carbons (Fsp3) is 0.167. The van der Waals surface area contributed by atoms with Gasteiger partial charge in [-0.2, -0.15) is 8.78 Å². The Bertz CT molecular complexity index is 874. The minimum Gasteiger partial charge on any atom is -0.435 e. The van der Waals surface area contributed by atoms with Crippen LogP contribution in [0.2, 0.25) is 0 Å². The molecule has 25 heavy (non-hydrogen) atoms. The molecule has 0 aliphatic heterocycles. The number of para-hydroxylation sites is 1. The van der Waals surface area contributed by atoms with E-state index in [4.69, 9.17) is 0 Å². The molecule has 0 radical (unpaired) electrons. The molecule has 0 aliphatic carbocycles. The van der Waals surface area contributed by atoms with Gasteiger partial charge in [0.1, 0.15) is 5.75 Å². The van der Waals surface area contributed by atoms with E-state index in [-0.39, 0.29) is 12.4 Å². The Kier molecular flexibility index (Phi) is 5.57. The van der Waals surface area contributed by atoms with Gasteiger partial charge in [0.2, 0.25) is 0 Å². The van der Waals surface area contributed by atoms with Crippen LogP contribution in [0.25, 0.3) is 11.3 Å². The summed E-state index contributed by atoms with van der Waals surface area (Å²) >= 11 is 1.45. The van der Waals surface area contributed by atoms with Gasteiger partial charge in [0.15, 0.2) is 4.80 Å². The van der Waals surface area contributed by atoms with Gasteiger partial charge in [0.05, 0.1) is 18.0 Å². The zero-order chi connectivity index (χ0) is 17.6. The molecule has 1 N–H and O–H groups in total. The molecule has 0 saturated heterocycles. The standard InChI is InChI=1S/C18H16F2N2O2S/c19-17(20)24-15-8-6-13(7-9-15)16-12-25-18(22(16)10-11-23)21-14-4-2-1-3-5-14/h1-9,12,17,23H,10-11H2. The second kappa shape index (κ2) is 8.04. The monoisotopic (exact) mass is 362 g/mol. The minimum atomic E-state index is -2.84. The molecule has 4 nitrogen and oxygen atoms in total. The summed E-state index contributed by atoms with van der Waals surface area (Å²) < 4.78 is 30.8. The summed E-state index contributed by atoms with van der Waals surface area (Å²) in [4.78, 5) is 5.36. The summed E-state index contributed by atoms with van der Waals surface area (Å²) in [7, 11) is 0. The van der Waals surface area contributed by atoms with Crippen LogP contribution in [0, 0.1) is 0 Å². The van der Waals surface area contributed by atoms with Crippen molar-refractivity contribution in [1.82, 2.24) is 4.57 Å². The van der Waals surface area contributed by atoms with Crippen LogP contribution in [0.15, 0.2) is 65.0 Å². The first-order chi connectivity index (χ1) is 12.2. The highest BCUT2D eigenvalue weighted by Crippen LogP contribution is 2.24. The molecule has 0 fully saturated rings. The number of hydrogen-bond donors (Lipinski definition) is 1. The third-order valence-electron chi connectivity index (χ3n) is 3.48. The largest absolute Gasteiger partial charge is 0.435 e. The van der Waals surface area contributed by atoms with E-state index in [2.05, 4.69) is 9.73 Å². The zero-order valence-electron chi connectivity index (χ0n) is 13.2. The van der Waals surface area contributed by atoms with Crippen LogP contribution in [0.3, 0.4) is 0 Å². The van der Waals surface area contributed by atoms with Crippen molar-refractivity contribution in [3.8, 4) is 17.0 Å². The second-order valence-electron chi connectivity index (χ2n) is 5.13. The smallest absolute Gasteiger partial charge is 0.387 e. The maximum atomic E-state index is 12.3. The molecule has 3 rings (SSSR count). The summed E-state index contributed by atoms with van der Waals surface area (Å²) in [5.41, 5.74) is 2.52. The van der Waals surface area contributed by atoms with E-state index in [1.807, 2.05) is 40.3 Å². The lowest BCUT2D eigenvalue weighted by molar-refractivity contribution is -0.0498. The van der Waals surface area contributed by atoms with Gasteiger partial charge < -0.3 is 14.4 Å². The molecule has 3 aromatic rings. The van der Waals surface area contributed by atoms with E-state index in [0.717, 1.165) is 21.7 Å². The molecule has 2 aromatic carbocycles. The molecule has 1 heterocycles. The lowest BCUT2D eigenvalue weighted by atomic mass is 10.1. The van der Waals surface area contributed by atoms with Crippen molar-refractivity contribution in [3.05, 3.63) is 64.8 Å². The van der Waals surface area contributed by atoms with Gasteiger partial charge in [-0.05, 0) is 42.0 Å². The molecule has 130 valence electrons. The summed E-state index contributed by atoms with van der Waals surface area (Å²) in [5.74, 6) is 0.108. The molecule has 0 amide bonds. The van der Waals surface area contributed by atoms with Gasteiger partial charge in [-0.15, -0.1) is 11.3 Å². The normalized spacial score (nSPS) is 11.9. The van der Waals surface area contributed by atoms with Crippen LogP contribution in [-0.4, -0.2) is 22.9 Å². The molecule has 1 aromatic heterocycles. The predicted octanol–water partition coefficient (Wildman–Crippen LogP) is 4.04. The number of nitrogens with zero attached hydrogens (tertiary/aromatic N) is 2. The van der Waals surface area contributed by atoms with Crippen molar-refractivity contribution < 1.29 is 18.6 Å². The third kappa shape index (κ3) is 4.32. The highest BCUT2D eigenvalue weighted by Gasteiger charge is 2.09. The average Bonchev–Trinajstić information content (AvgIpc) is 2.99. The number of halogens is 2. The van der Waals surface area contributed by atoms with Crippen molar-refractivity contribution in [2.45, 2.75) is 13.2 Å². The number of aliphatic hydroxyl groups excluding tert-OH is 1. The Labute approximate surface area is 147 Å². The molecule has 0 aliphatic rings. The van der Waals surface area contributed by atoms with Crippen LogP contribution >= 0.6 is 11.3 Å². The van der Waals surface area contributed by atoms with Gasteiger partial charge in [-0.25, -0.2) is 4.99 Å². The Morgan fingerprint density at radius 2 is 1.80 bits per heavy atom. The van der Waals surface area contributed by atoms with E-state index in [0.29, 0.717) is 6.54 Å². The number of aromatic nitrogens is 1. The Morgan fingerprint density at radius 1 is 1.08 bits per heavy atom. The fourth-order valence-corrected chi connectivity index (χ4v) is 3.34. The molecule has 7 heteroatoms. The quantitative estimate of drug-likeness (QED) is 0.719. The number of aliphatic hydroxyl groups is 1. The van der Waals surface area contributed by atoms with Crippen LogP contribution < -0.4 is 9.54 Å². The molecule has 0 bridgehead atoms. The zero-order valence-corrected chi connectivity index (χ0v) is 14.0. The summed E-state index contributed by atoms with van der Waals surface area (Å²) in [6.07, 6.45) is 0. The van der Waals surface area contributed by atoms with E-state index < -0.39 is 6.61 Å². The molecular weight excluding hydrogens is 346 g/mol. The third-order valence-corrected chi connectivity index (χ3v) is 4.34. The predicted molar refractivity (Wildman–Crippen MR) is 93.1 cm³/mol. The first kappa shape index (κ1) is 17.3. The number of thiazole rings is 1. The SMILES string of the molecule is OCCn1c(-c2ccc(OC(F)F)cc2)csc1=Nc1ccccc1. The second-order valence-corrected chi connectivity index (χ2v) is 5.97. The Balaban J connectivity index is 1.98. The maximum Gasteiger partial charge on any atom is 0.387 e. The van der Waals surface area contributed by atoms with Crippen LogP contribution in [0.4, 0.5) is 14.5 Å². The number of hydrogen-bond acceptors (Lipinski definition) is 4. The average molecular weight is 362 g/mol. The number of rotatable bonds is 6. The van der Waals surface area contributed by atoms with Crippen LogP contribution in [-0.2, 0) is 6.54 Å². The molecule has 0 saturated carbocycles. The lowest BCUT2D eigenvalue weighted by Crippen LogP contribution is -2.17. The van der Waals surface area contributed by atoms with Crippen LogP contribution in [0.1, 0.15) is 0 Å². The van der Waals surface area contributed by atoms with Gasteiger partial charge in [0.25, 0.3) is 0 Å². The summed E-state index contributed by atoms with van der Waals surface area (Å²) in [6.45, 7) is -2.49. The van der Waals surface area contributed by atoms with Gasteiger partial charge >= 0.3 is 6.61 Å². The first-order valence-electron chi connectivity index (χ1n) is 7.61. The molecule has 0 unspecified atom stereocenters.